The third-order valence-electron chi connectivity index (χ3n) is 2.63. The number of rotatable bonds is 2. The Morgan fingerprint density at radius 2 is 1.69 bits per heavy atom. The summed E-state index contributed by atoms with van der Waals surface area (Å²) < 4.78 is 0. The van der Waals surface area contributed by atoms with Crippen molar-refractivity contribution in [2.75, 3.05) is 0 Å². The number of fused-ring (bicyclic) bond motifs is 1. The first kappa shape index (κ1) is 10.7. The number of hydrogen-bond acceptors (Lipinski definition) is 2. The minimum absolute atomic E-state index is 0.00886. The zero-order valence-electron chi connectivity index (χ0n) is 9.40. The van der Waals surface area contributed by atoms with E-state index in [1.54, 1.807) is 12.1 Å². The van der Waals surface area contributed by atoms with Gasteiger partial charge in [-0.25, -0.2) is 0 Å². The average molecular weight is 214 g/mol. The van der Waals surface area contributed by atoms with Crippen LogP contribution in [0.3, 0.4) is 0 Å². The molecule has 2 nitrogen and oxygen atoms in total. The molecular formula is C14H14O2. The number of ketones is 1. The first-order valence-electron chi connectivity index (χ1n) is 5.35. The zero-order valence-corrected chi connectivity index (χ0v) is 9.40. The van der Waals surface area contributed by atoms with Crippen LogP contribution in [0.15, 0.2) is 36.4 Å². The Morgan fingerprint density at radius 3 is 2.38 bits per heavy atom. The summed E-state index contributed by atoms with van der Waals surface area (Å²) in [5.74, 6) is 0.403. The highest BCUT2D eigenvalue weighted by molar-refractivity contribution is 6.01. The van der Waals surface area contributed by atoms with E-state index in [0.29, 0.717) is 0 Å². The highest BCUT2D eigenvalue weighted by Crippen LogP contribution is 2.22. The van der Waals surface area contributed by atoms with Crippen molar-refractivity contribution >= 4 is 16.6 Å². The molecule has 2 aromatic rings. The Labute approximate surface area is 94.5 Å². The number of aromatic hydroxyl groups is 1. The highest BCUT2D eigenvalue weighted by atomic mass is 16.3. The molecule has 82 valence electrons. The van der Waals surface area contributed by atoms with Gasteiger partial charge in [0.25, 0.3) is 0 Å². The molecule has 2 rings (SSSR count). The second kappa shape index (κ2) is 3.97. The van der Waals surface area contributed by atoms with E-state index in [9.17, 15) is 9.90 Å². The van der Waals surface area contributed by atoms with Gasteiger partial charge in [-0.3, -0.25) is 4.79 Å². The number of phenolic OH excluding ortho intramolecular Hbond substituents is 1. The lowest BCUT2D eigenvalue weighted by Crippen LogP contribution is -2.06. The lowest BCUT2D eigenvalue weighted by atomic mass is 9.98. The molecule has 0 saturated heterocycles. The molecule has 0 heterocycles. The van der Waals surface area contributed by atoms with Crippen molar-refractivity contribution in [3.63, 3.8) is 0 Å². The molecule has 0 radical (unpaired) electrons. The summed E-state index contributed by atoms with van der Waals surface area (Å²) in [5, 5.41) is 11.3. The van der Waals surface area contributed by atoms with Gasteiger partial charge in [0.2, 0.25) is 0 Å². The number of carbonyl (C=O) groups is 1. The van der Waals surface area contributed by atoms with Crippen LogP contribution in [0.25, 0.3) is 10.8 Å². The fourth-order valence-corrected chi connectivity index (χ4v) is 1.72. The summed E-state index contributed by atoms with van der Waals surface area (Å²) in [5.41, 5.74) is 0.730. The average Bonchev–Trinajstić information content (AvgIpc) is 2.27. The van der Waals surface area contributed by atoms with E-state index in [4.69, 9.17) is 0 Å². The fraction of sp³-hybridized carbons (Fsp3) is 0.214. The van der Waals surface area contributed by atoms with Gasteiger partial charge < -0.3 is 5.11 Å². The number of Topliss-reactive ketones (excluding diaryl/α,β-unsaturated/α-hetero) is 1. The molecule has 0 fully saturated rings. The van der Waals surface area contributed by atoms with Crippen LogP contribution in [-0.2, 0) is 0 Å². The molecule has 0 aliphatic carbocycles. The van der Waals surface area contributed by atoms with E-state index in [1.807, 2.05) is 38.1 Å². The lowest BCUT2D eigenvalue weighted by Gasteiger charge is -2.05. The van der Waals surface area contributed by atoms with Gasteiger partial charge in [-0.1, -0.05) is 32.0 Å². The zero-order chi connectivity index (χ0) is 11.7. The van der Waals surface area contributed by atoms with Gasteiger partial charge in [0.15, 0.2) is 5.78 Å². The van der Waals surface area contributed by atoms with Crippen molar-refractivity contribution in [2.24, 2.45) is 5.92 Å². The molecule has 0 bridgehead atoms. The summed E-state index contributed by atoms with van der Waals surface area (Å²) in [6.45, 7) is 3.78. The maximum absolute atomic E-state index is 11.8. The minimum Gasteiger partial charge on any atom is -0.508 e. The van der Waals surface area contributed by atoms with Crippen molar-refractivity contribution in [1.29, 1.82) is 0 Å². The van der Waals surface area contributed by atoms with Crippen LogP contribution in [0.5, 0.6) is 5.75 Å². The Hall–Kier alpha value is -1.83. The van der Waals surface area contributed by atoms with E-state index in [2.05, 4.69) is 0 Å². The van der Waals surface area contributed by atoms with E-state index in [-0.39, 0.29) is 17.5 Å². The molecular weight excluding hydrogens is 200 g/mol. The molecule has 16 heavy (non-hydrogen) atoms. The predicted molar refractivity (Wildman–Crippen MR) is 64.8 cm³/mol. The molecule has 0 aliphatic rings. The maximum Gasteiger partial charge on any atom is 0.165 e. The Morgan fingerprint density at radius 1 is 1.06 bits per heavy atom. The van der Waals surface area contributed by atoms with Crippen LogP contribution in [0.1, 0.15) is 24.2 Å². The Kier molecular flexibility index (Phi) is 2.65. The van der Waals surface area contributed by atoms with E-state index in [0.717, 1.165) is 16.3 Å². The third kappa shape index (κ3) is 1.91. The molecule has 0 spiro atoms. The molecule has 2 aromatic carbocycles. The van der Waals surface area contributed by atoms with E-state index < -0.39 is 0 Å². The van der Waals surface area contributed by atoms with Crippen molar-refractivity contribution in [1.82, 2.24) is 0 Å². The second-order valence-corrected chi connectivity index (χ2v) is 4.27. The van der Waals surface area contributed by atoms with Crippen LogP contribution in [0.2, 0.25) is 0 Å². The van der Waals surface area contributed by atoms with Crippen LogP contribution in [0, 0.1) is 5.92 Å². The van der Waals surface area contributed by atoms with Gasteiger partial charge in [-0.15, -0.1) is 0 Å². The van der Waals surface area contributed by atoms with Gasteiger partial charge in [-0.05, 0) is 29.0 Å². The topological polar surface area (TPSA) is 37.3 Å². The third-order valence-corrected chi connectivity index (χ3v) is 2.63. The monoisotopic (exact) mass is 214 g/mol. The standard InChI is InChI=1S/C14H14O2/c1-9(2)14(16)12-4-3-11-8-13(15)6-5-10(11)7-12/h3-9,15H,1-2H3. The van der Waals surface area contributed by atoms with E-state index >= 15 is 0 Å². The van der Waals surface area contributed by atoms with Crippen LogP contribution in [0.4, 0.5) is 0 Å². The van der Waals surface area contributed by atoms with Crippen LogP contribution >= 0.6 is 0 Å². The molecule has 0 unspecified atom stereocenters. The van der Waals surface area contributed by atoms with Crippen molar-refractivity contribution in [3.8, 4) is 5.75 Å². The SMILES string of the molecule is CC(C)C(=O)c1ccc2cc(O)ccc2c1. The van der Waals surface area contributed by atoms with Crippen LogP contribution in [-0.4, -0.2) is 10.9 Å². The van der Waals surface area contributed by atoms with Gasteiger partial charge in [-0.2, -0.15) is 0 Å². The summed E-state index contributed by atoms with van der Waals surface area (Å²) in [7, 11) is 0. The van der Waals surface area contributed by atoms with Gasteiger partial charge in [0.05, 0.1) is 0 Å². The minimum atomic E-state index is 0.00886. The summed E-state index contributed by atoms with van der Waals surface area (Å²) in [6, 6.07) is 10.7. The Balaban J connectivity index is 2.52. The number of phenols is 1. The highest BCUT2D eigenvalue weighted by Gasteiger charge is 2.10. The molecule has 0 aromatic heterocycles. The molecule has 0 saturated carbocycles. The number of hydrogen-bond donors (Lipinski definition) is 1. The number of carbonyl (C=O) groups excluding carboxylic acids is 1. The van der Waals surface area contributed by atoms with E-state index in [1.165, 1.54) is 0 Å². The lowest BCUT2D eigenvalue weighted by molar-refractivity contribution is 0.0939. The quantitative estimate of drug-likeness (QED) is 0.778. The Bertz CT molecular complexity index is 541. The molecule has 0 aliphatic heterocycles. The van der Waals surface area contributed by atoms with Crippen molar-refractivity contribution in [2.45, 2.75) is 13.8 Å². The molecule has 2 heteroatoms. The van der Waals surface area contributed by atoms with Crippen molar-refractivity contribution < 1.29 is 9.90 Å². The maximum atomic E-state index is 11.8. The first-order chi connectivity index (χ1) is 7.58. The summed E-state index contributed by atoms with van der Waals surface area (Å²) in [4.78, 5) is 11.8. The van der Waals surface area contributed by atoms with Crippen LogP contribution < -0.4 is 0 Å². The molecule has 1 N–H and O–H groups in total. The molecule has 0 amide bonds. The predicted octanol–water partition coefficient (Wildman–Crippen LogP) is 3.38. The summed E-state index contributed by atoms with van der Waals surface area (Å²) >= 11 is 0. The van der Waals surface area contributed by atoms with Gasteiger partial charge in [0, 0.05) is 11.5 Å². The largest absolute Gasteiger partial charge is 0.508 e. The normalized spacial score (nSPS) is 10.9. The number of benzene rings is 2. The fourth-order valence-electron chi connectivity index (χ4n) is 1.72. The van der Waals surface area contributed by atoms with Gasteiger partial charge in [0.1, 0.15) is 5.75 Å². The van der Waals surface area contributed by atoms with Gasteiger partial charge >= 0.3 is 0 Å². The smallest absolute Gasteiger partial charge is 0.165 e. The first-order valence-corrected chi connectivity index (χ1v) is 5.35. The second-order valence-electron chi connectivity index (χ2n) is 4.27. The summed E-state index contributed by atoms with van der Waals surface area (Å²) in [6.07, 6.45) is 0. The van der Waals surface area contributed by atoms with Crippen molar-refractivity contribution in [3.05, 3.63) is 42.0 Å². The molecule has 0 atom stereocenters.